The van der Waals surface area contributed by atoms with Gasteiger partial charge >= 0.3 is 0 Å². The van der Waals surface area contributed by atoms with E-state index in [4.69, 9.17) is 4.74 Å². The number of ether oxygens (including phenoxy) is 1. The lowest BCUT2D eigenvalue weighted by molar-refractivity contribution is 0.389. The van der Waals surface area contributed by atoms with E-state index in [0.29, 0.717) is 16.4 Å². The molecule has 0 unspecified atom stereocenters. The Morgan fingerprint density at radius 2 is 1.36 bits per heavy atom. The number of fused-ring (bicyclic) bond motifs is 1. The fourth-order valence-electron chi connectivity index (χ4n) is 3.70. The minimum Gasteiger partial charge on any atom is -0.485 e. The van der Waals surface area contributed by atoms with Crippen LogP contribution in [-0.4, -0.2) is 11.5 Å². The van der Waals surface area contributed by atoms with Crippen molar-refractivity contribution in [3.05, 3.63) is 78.9 Å². The summed E-state index contributed by atoms with van der Waals surface area (Å²) in [5, 5.41) is 2.28. The van der Waals surface area contributed by atoms with E-state index in [1.165, 1.54) is 0 Å². The van der Waals surface area contributed by atoms with Crippen LogP contribution in [0.3, 0.4) is 0 Å². The summed E-state index contributed by atoms with van der Waals surface area (Å²) in [5.74, 6) is 0.600. The van der Waals surface area contributed by atoms with Gasteiger partial charge in [0, 0.05) is 21.1 Å². The third kappa shape index (κ3) is 2.81. The van der Waals surface area contributed by atoms with Crippen molar-refractivity contribution >= 4 is 35.5 Å². The zero-order chi connectivity index (χ0) is 20.0. The summed E-state index contributed by atoms with van der Waals surface area (Å²) in [6.45, 7) is 5.91. The fourth-order valence-corrected chi connectivity index (χ4v) is 9.80. The molecule has 0 amide bonds. The van der Waals surface area contributed by atoms with Gasteiger partial charge in [-0.2, -0.15) is 0 Å². The van der Waals surface area contributed by atoms with Gasteiger partial charge in [-0.15, -0.1) is 0 Å². The van der Waals surface area contributed by atoms with Crippen molar-refractivity contribution in [2.75, 3.05) is 6.35 Å². The van der Waals surface area contributed by atoms with Gasteiger partial charge in [0.05, 0.1) is 5.30 Å². The molecule has 0 N–H and O–H groups in total. The highest BCUT2D eigenvalue weighted by molar-refractivity contribution is 7.87. The molecular weight excluding hydrogens is 386 g/mol. The SMILES string of the molecule is CC(C)(C)[P@]1(=O)COc2cccc(P(=O)(c3ccccc3)c3ccccc3)c21. The first-order valence-corrected chi connectivity index (χ1v) is 13.0. The minimum atomic E-state index is -3.22. The average molecular weight is 410 g/mol. The highest BCUT2D eigenvalue weighted by atomic mass is 31.2. The van der Waals surface area contributed by atoms with Gasteiger partial charge in [0.2, 0.25) is 0 Å². The van der Waals surface area contributed by atoms with E-state index in [1.54, 1.807) is 0 Å². The Labute approximate surface area is 166 Å². The Hall–Kier alpha value is -2.08. The maximum absolute atomic E-state index is 14.8. The lowest BCUT2D eigenvalue weighted by Crippen LogP contribution is -2.36. The van der Waals surface area contributed by atoms with Crippen LogP contribution in [-0.2, 0) is 9.13 Å². The Bertz CT molecular complexity index is 1060. The Balaban J connectivity index is 2.09. The van der Waals surface area contributed by atoms with E-state index < -0.39 is 19.4 Å². The summed E-state index contributed by atoms with van der Waals surface area (Å²) >= 11 is 0. The lowest BCUT2D eigenvalue weighted by Gasteiger charge is -2.30. The smallest absolute Gasteiger partial charge is 0.171 e. The molecule has 3 aromatic carbocycles. The number of rotatable bonds is 3. The van der Waals surface area contributed by atoms with Gasteiger partial charge in [0.15, 0.2) is 14.3 Å². The Morgan fingerprint density at radius 1 is 0.821 bits per heavy atom. The lowest BCUT2D eigenvalue weighted by atomic mass is 10.3. The van der Waals surface area contributed by atoms with E-state index in [1.807, 2.05) is 99.6 Å². The van der Waals surface area contributed by atoms with Crippen molar-refractivity contribution in [3.63, 3.8) is 0 Å². The summed E-state index contributed by atoms with van der Waals surface area (Å²) in [7, 11) is -6.13. The quantitative estimate of drug-likeness (QED) is 0.599. The molecule has 28 heavy (non-hydrogen) atoms. The van der Waals surface area contributed by atoms with Crippen molar-refractivity contribution in [1.29, 1.82) is 0 Å². The normalized spacial score (nSPS) is 19.1. The fraction of sp³-hybridized carbons (Fsp3) is 0.217. The van der Waals surface area contributed by atoms with E-state index in [0.717, 1.165) is 10.6 Å². The third-order valence-electron chi connectivity index (χ3n) is 5.40. The van der Waals surface area contributed by atoms with Crippen molar-refractivity contribution in [3.8, 4) is 5.75 Å². The second kappa shape index (κ2) is 6.76. The van der Waals surface area contributed by atoms with Gasteiger partial charge in [-0.25, -0.2) is 0 Å². The molecule has 3 nitrogen and oxygen atoms in total. The van der Waals surface area contributed by atoms with Crippen LogP contribution in [0.25, 0.3) is 0 Å². The van der Waals surface area contributed by atoms with Crippen LogP contribution in [0.4, 0.5) is 0 Å². The van der Waals surface area contributed by atoms with Crippen LogP contribution in [0.2, 0.25) is 0 Å². The summed E-state index contributed by atoms with van der Waals surface area (Å²) in [6, 6.07) is 24.5. The maximum atomic E-state index is 14.8. The standard InChI is InChI=1S/C23H24O3P2/c1-23(2,3)27(24)17-26-20-15-10-16-21(22(20)27)28(25,18-11-6-4-7-12-18)19-13-8-5-9-14-19/h4-16H,17H2,1-3H3/t27-/m0/s1. The largest absolute Gasteiger partial charge is 0.485 e. The Kier molecular flexibility index (Phi) is 4.65. The minimum absolute atomic E-state index is 0.159. The first-order chi connectivity index (χ1) is 13.3. The second-order valence-corrected chi connectivity index (χ2v) is 14.3. The van der Waals surface area contributed by atoms with Crippen molar-refractivity contribution in [2.24, 2.45) is 0 Å². The van der Waals surface area contributed by atoms with Crippen molar-refractivity contribution in [1.82, 2.24) is 0 Å². The van der Waals surface area contributed by atoms with Crippen LogP contribution in [0.5, 0.6) is 5.75 Å². The van der Waals surface area contributed by atoms with Crippen LogP contribution >= 0.6 is 14.3 Å². The summed E-state index contributed by atoms with van der Waals surface area (Å²) < 4.78 is 34.8. The molecule has 0 spiro atoms. The third-order valence-corrected chi connectivity index (χ3v) is 12.5. The first kappa shape index (κ1) is 19.2. The molecule has 1 aliphatic rings. The van der Waals surface area contributed by atoms with Crippen LogP contribution in [0, 0.1) is 0 Å². The maximum Gasteiger partial charge on any atom is 0.171 e. The second-order valence-electron chi connectivity index (χ2n) is 8.09. The molecule has 0 bridgehead atoms. The Morgan fingerprint density at radius 3 is 1.86 bits per heavy atom. The monoisotopic (exact) mass is 410 g/mol. The van der Waals surface area contributed by atoms with Gasteiger partial charge in [-0.1, -0.05) is 87.5 Å². The van der Waals surface area contributed by atoms with Gasteiger partial charge in [-0.3, -0.25) is 0 Å². The number of benzene rings is 3. The van der Waals surface area contributed by atoms with Crippen LogP contribution in [0.1, 0.15) is 20.8 Å². The molecule has 1 atom stereocenters. The first-order valence-electron chi connectivity index (χ1n) is 9.36. The molecule has 0 fully saturated rings. The predicted molar refractivity (Wildman–Crippen MR) is 118 cm³/mol. The van der Waals surface area contributed by atoms with E-state index in [9.17, 15) is 9.13 Å². The van der Waals surface area contributed by atoms with Gasteiger partial charge in [0.25, 0.3) is 0 Å². The summed E-state index contributed by atoms with van der Waals surface area (Å²) in [4.78, 5) is 0. The molecule has 4 rings (SSSR count). The summed E-state index contributed by atoms with van der Waals surface area (Å²) in [6.07, 6.45) is 0.159. The van der Waals surface area contributed by atoms with Crippen molar-refractivity contribution < 1.29 is 13.9 Å². The van der Waals surface area contributed by atoms with E-state index >= 15 is 0 Å². The zero-order valence-corrected chi connectivity index (χ0v) is 18.1. The predicted octanol–water partition coefficient (Wildman–Crippen LogP) is 4.46. The van der Waals surface area contributed by atoms with Gasteiger partial charge in [0.1, 0.15) is 12.1 Å². The molecule has 0 aliphatic carbocycles. The molecule has 144 valence electrons. The number of hydrogen-bond donors (Lipinski definition) is 0. The topological polar surface area (TPSA) is 43.4 Å². The molecule has 0 saturated heterocycles. The highest BCUT2D eigenvalue weighted by Crippen LogP contribution is 2.62. The van der Waals surface area contributed by atoms with Crippen LogP contribution in [0.15, 0.2) is 78.9 Å². The molecule has 0 radical (unpaired) electrons. The molecule has 0 aromatic heterocycles. The van der Waals surface area contributed by atoms with Crippen molar-refractivity contribution in [2.45, 2.75) is 25.9 Å². The van der Waals surface area contributed by atoms with Crippen LogP contribution < -0.4 is 26.0 Å². The average Bonchev–Trinajstić information content (AvgIpc) is 3.07. The zero-order valence-electron chi connectivity index (χ0n) is 16.3. The van der Waals surface area contributed by atoms with E-state index in [-0.39, 0.29) is 6.35 Å². The number of hydrogen-bond acceptors (Lipinski definition) is 3. The molecular formula is C23H24O3P2. The highest BCUT2D eigenvalue weighted by Gasteiger charge is 2.49. The molecule has 1 aliphatic heterocycles. The van der Waals surface area contributed by atoms with Gasteiger partial charge < -0.3 is 13.9 Å². The molecule has 3 aromatic rings. The van der Waals surface area contributed by atoms with Gasteiger partial charge in [-0.05, 0) is 12.1 Å². The molecule has 1 heterocycles. The summed E-state index contributed by atoms with van der Waals surface area (Å²) in [5.41, 5.74) is 0. The molecule has 5 heteroatoms. The van der Waals surface area contributed by atoms with E-state index in [2.05, 4.69) is 0 Å². The molecule has 0 saturated carbocycles.